The van der Waals surface area contributed by atoms with E-state index in [-0.39, 0.29) is 46.7 Å². The number of benzene rings is 2. The number of fused-ring (bicyclic) bond motifs is 1. The molecule has 2 aromatic carbocycles. The van der Waals surface area contributed by atoms with Crippen LogP contribution in [0, 0.1) is 5.82 Å². The van der Waals surface area contributed by atoms with E-state index in [1.165, 1.54) is 24.3 Å². The SMILES string of the molecule is N[C@H]1CS(=O)(=O)c2cc(F)c(-c3nnc(N4CCOC5(CC5)C4)o3)cc2N(Cc2ccc(-c3noc(C(F)(F)F)n3)cc2)C1=O. The minimum absolute atomic E-state index is 0.149. The number of hydrogen-bond acceptors (Lipinski definition) is 12. The highest BCUT2D eigenvalue weighted by atomic mass is 32.2. The number of alkyl halides is 3. The smallest absolute Gasteiger partial charge is 0.403 e. The highest BCUT2D eigenvalue weighted by Gasteiger charge is 2.48. The van der Waals surface area contributed by atoms with Crippen molar-refractivity contribution in [2.75, 3.05) is 35.2 Å². The van der Waals surface area contributed by atoms with E-state index >= 15 is 4.39 Å². The lowest BCUT2D eigenvalue weighted by Crippen LogP contribution is -2.45. The molecule has 45 heavy (non-hydrogen) atoms. The lowest BCUT2D eigenvalue weighted by Gasteiger charge is -2.31. The van der Waals surface area contributed by atoms with Crippen LogP contribution in [0.4, 0.5) is 29.3 Å². The van der Waals surface area contributed by atoms with E-state index in [1.807, 2.05) is 4.90 Å². The Bertz CT molecular complexity index is 1910. The Kier molecular flexibility index (Phi) is 6.71. The number of anilines is 2. The van der Waals surface area contributed by atoms with Crippen LogP contribution in [0.2, 0.25) is 0 Å². The number of amides is 1. The van der Waals surface area contributed by atoms with Gasteiger partial charge in [0.2, 0.25) is 11.7 Å². The lowest BCUT2D eigenvalue weighted by molar-refractivity contribution is -0.159. The van der Waals surface area contributed by atoms with Crippen molar-refractivity contribution in [3.05, 3.63) is 53.7 Å². The molecule has 0 radical (unpaired) electrons. The van der Waals surface area contributed by atoms with Crippen LogP contribution in [-0.2, 0) is 32.1 Å². The lowest BCUT2D eigenvalue weighted by atomic mass is 10.1. The molecule has 0 unspecified atom stereocenters. The number of ether oxygens (including phenoxy) is 1. The number of halogens is 4. The van der Waals surface area contributed by atoms with Crippen LogP contribution in [0.25, 0.3) is 22.8 Å². The van der Waals surface area contributed by atoms with Gasteiger partial charge in [-0.25, -0.2) is 12.8 Å². The molecule has 1 aliphatic carbocycles. The van der Waals surface area contributed by atoms with Gasteiger partial charge >= 0.3 is 18.1 Å². The van der Waals surface area contributed by atoms with Gasteiger partial charge < -0.3 is 29.2 Å². The first-order valence-electron chi connectivity index (χ1n) is 13.7. The molecule has 2 aromatic heterocycles. The van der Waals surface area contributed by atoms with Crippen LogP contribution in [0.15, 0.2) is 50.2 Å². The van der Waals surface area contributed by atoms with Gasteiger partial charge in [-0.3, -0.25) is 4.79 Å². The van der Waals surface area contributed by atoms with Crippen LogP contribution < -0.4 is 15.5 Å². The van der Waals surface area contributed by atoms with Crippen molar-refractivity contribution in [3.8, 4) is 22.8 Å². The second-order valence-electron chi connectivity index (χ2n) is 11.1. The number of morpholine rings is 1. The Morgan fingerprint density at radius 3 is 2.56 bits per heavy atom. The van der Waals surface area contributed by atoms with Crippen molar-refractivity contribution < 1.29 is 44.5 Å². The molecule has 1 spiro atoms. The van der Waals surface area contributed by atoms with E-state index in [2.05, 4.69) is 24.9 Å². The molecular formula is C27H23F4N7O6S. The normalized spacial score (nSPS) is 20.7. The first-order chi connectivity index (χ1) is 21.3. The number of rotatable bonds is 5. The zero-order valence-electron chi connectivity index (χ0n) is 23.1. The average Bonchev–Trinajstić information content (AvgIpc) is 3.38. The zero-order chi connectivity index (χ0) is 31.7. The van der Waals surface area contributed by atoms with Crippen molar-refractivity contribution >= 4 is 27.4 Å². The summed E-state index contributed by atoms with van der Waals surface area (Å²) in [6, 6.07) is 6.44. The summed E-state index contributed by atoms with van der Waals surface area (Å²) in [5.41, 5.74) is 6.00. The molecule has 2 fully saturated rings. The Labute approximate surface area is 251 Å². The number of carbonyl (C=O) groups is 1. The summed E-state index contributed by atoms with van der Waals surface area (Å²) in [5.74, 6) is -4.49. The van der Waals surface area contributed by atoms with E-state index in [9.17, 15) is 26.4 Å². The minimum Gasteiger partial charge on any atom is -0.403 e. The van der Waals surface area contributed by atoms with Gasteiger partial charge in [0, 0.05) is 12.1 Å². The summed E-state index contributed by atoms with van der Waals surface area (Å²) in [4.78, 5) is 19.3. The van der Waals surface area contributed by atoms with Crippen molar-refractivity contribution in [1.82, 2.24) is 20.3 Å². The van der Waals surface area contributed by atoms with Gasteiger partial charge in [0.1, 0.15) is 5.82 Å². The molecule has 4 heterocycles. The first kappa shape index (κ1) is 29.3. The quantitative estimate of drug-likeness (QED) is 0.314. The Morgan fingerprint density at radius 1 is 1.11 bits per heavy atom. The molecule has 0 bridgehead atoms. The summed E-state index contributed by atoms with van der Waals surface area (Å²) >= 11 is 0. The van der Waals surface area contributed by atoms with Gasteiger partial charge in [0.15, 0.2) is 9.84 Å². The van der Waals surface area contributed by atoms with Crippen molar-refractivity contribution in [3.63, 3.8) is 0 Å². The highest BCUT2D eigenvalue weighted by Crippen LogP contribution is 2.43. The predicted octanol–water partition coefficient (Wildman–Crippen LogP) is 2.96. The van der Waals surface area contributed by atoms with Crippen molar-refractivity contribution in [1.29, 1.82) is 0 Å². The molecule has 2 aliphatic heterocycles. The van der Waals surface area contributed by atoms with Gasteiger partial charge in [-0.15, -0.1) is 5.10 Å². The summed E-state index contributed by atoms with van der Waals surface area (Å²) in [6.07, 6.45) is -3.00. The van der Waals surface area contributed by atoms with Gasteiger partial charge in [-0.05, 0) is 30.5 Å². The van der Waals surface area contributed by atoms with Crippen molar-refractivity contribution in [2.24, 2.45) is 5.73 Å². The van der Waals surface area contributed by atoms with E-state index in [4.69, 9.17) is 14.9 Å². The average molecular weight is 650 g/mol. The predicted molar refractivity (Wildman–Crippen MR) is 146 cm³/mol. The van der Waals surface area contributed by atoms with Crippen LogP contribution in [0.3, 0.4) is 0 Å². The summed E-state index contributed by atoms with van der Waals surface area (Å²) < 4.78 is 96.4. The number of carbonyl (C=O) groups excluding carboxylic acids is 1. The number of aromatic nitrogens is 4. The summed E-state index contributed by atoms with van der Waals surface area (Å²) in [5, 5.41) is 11.4. The molecular weight excluding hydrogens is 626 g/mol. The molecule has 2 N–H and O–H groups in total. The molecule has 1 saturated heterocycles. The topological polar surface area (TPSA) is 171 Å². The van der Waals surface area contributed by atoms with Gasteiger partial charge in [0.25, 0.3) is 5.89 Å². The fourth-order valence-corrected chi connectivity index (χ4v) is 6.91. The third-order valence-electron chi connectivity index (χ3n) is 7.85. The molecule has 13 nitrogen and oxygen atoms in total. The Morgan fingerprint density at radius 2 is 1.87 bits per heavy atom. The molecule has 1 atom stereocenters. The second kappa shape index (κ2) is 10.3. The maximum atomic E-state index is 15.5. The maximum absolute atomic E-state index is 15.5. The van der Waals surface area contributed by atoms with E-state index in [0.717, 1.165) is 29.9 Å². The third kappa shape index (κ3) is 5.42. The molecule has 1 amide bonds. The molecule has 7 rings (SSSR count). The Balaban J connectivity index is 1.22. The number of nitrogens with two attached hydrogens (primary N) is 1. The van der Waals surface area contributed by atoms with Crippen molar-refractivity contribution in [2.45, 2.75) is 42.1 Å². The largest absolute Gasteiger partial charge is 0.471 e. The first-order valence-corrected chi connectivity index (χ1v) is 15.3. The summed E-state index contributed by atoms with van der Waals surface area (Å²) in [6.45, 7) is 1.27. The van der Waals surface area contributed by atoms with Gasteiger partial charge in [-0.1, -0.05) is 34.5 Å². The van der Waals surface area contributed by atoms with Gasteiger partial charge in [-0.2, -0.15) is 18.2 Å². The number of sulfone groups is 1. The number of hydrogen-bond donors (Lipinski definition) is 1. The van der Waals surface area contributed by atoms with Crippen LogP contribution in [0.1, 0.15) is 24.3 Å². The Hall–Kier alpha value is -4.42. The van der Waals surface area contributed by atoms with Crippen LogP contribution in [-0.4, -0.2) is 71.8 Å². The fraction of sp³-hybridized carbons (Fsp3) is 0.370. The number of nitrogens with zero attached hydrogens (tertiary/aromatic N) is 6. The fourth-order valence-electron chi connectivity index (χ4n) is 5.35. The maximum Gasteiger partial charge on any atom is 0.471 e. The van der Waals surface area contributed by atoms with Crippen LogP contribution >= 0.6 is 0 Å². The standard InChI is InChI=1S/C27H23F4N7O6S/c28-17-10-20-19(9-16(17)22-34-35-25(43-22)37-7-8-42-26(13-37)5-6-26)38(23(39)18(32)12-45(20,40)41)11-14-1-3-15(4-2-14)21-33-24(44-36-21)27(29,30)31/h1-4,9-10,18H,5-8,11-13,32H2/t18-/m0/s1. The zero-order valence-corrected chi connectivity index (χ0v) is 23.9. The van der Waals surface area contributed by atoms with Crippen LogP contribution in [0.5, 0.6) is 0 Å². The molecule has 18 heteroatoms. The molecule has 3 aliphatic rings. The van der Waals surface area contributed by atoms with E-state index < -0.39 is 50.3 Å². The highest BCUT2D eigenvalue weighted by molar-refractivity contribution is 7.91. The van der Waals surface area contributed by atoms with Gasteiger partial charge in [0.05, 0.1) is 53.2 Å². The molecule has 1 saturated carbocycles. The van der Waals surface area contributed by atoms with E-state index in [0.29, 0.717) is 25.3 Å². The summed E-state index contributed by atoms with van der Waals surface area (Å²) in [7, 11) is -4.21. The second-order valence-corrected chi connectivity index (χ2v) is 13.1. The minimum atomic E-state index is -4.81. The van der Waals surface area contributed by atoms with E-state index in [1.54, 1.807) is 0 Å². The monoisotopic (exact) mass is 649 g/mol. The molecule has 236 valence electrons. The third-order valence-corrected chi connectivity index (χ3v) is 9.64. The molecule has 4 aromatic rings.